The van der Waals surface area contributed by atoms with Crippen molar-refractivity contribution in [3.05, 3.63) is 34.9 Å². The second-order valence-corrected chi connectivity index (χ2v) is 9.70. The molecule has 0 spiro atoms. The molecule has 0 heterocycles. The van der Waals surface area contributed by atoms with Crippen LogP contribution in [0.5, 0.6) is 0 Å². The van der Waals surface area contributed by atoms with Gasteiger partial charge in [-0.15, -0.1) is 0 Å². The second kappa shape index (κ2) is 11.4. The summed E-state index contributed by atoms with van der Waals surface area (Å²) in [5.74, 6) is -1.43. The monoisotopic (exact) mass is 404 g/mol. The number of benzene rings is 1. The van der Waals surface area contributed by atoms with Crippen LogP contribution in [0.2, 0.25) is 0 Å². The summed E-state index contributed by atoms with van der Waals surface area (Å²) in [7, 11) is 0. The quantitative estimate of drug-likeness (QED) is 0.351. The maximum Gasteiger partial charge on any atom is 0.309 e. The van der Waals surface area contributed by atoms with Crippen LogP contribution in [0, 0.1) is 17.8 Å². The maximum absolute atomic E-state index is 11.2. The van der Waals surface area contributed by atoms with E-state index in [9.17, 15) is 14.7 Å². The molecule has 29 heavy (non-hydrogen) atoms. The van der Waals surface area contributed by atoms with Crippen LogP contribution in [0.15, 0.2) is 18.2 Å². The number of hydrogen-bond acceptors (Lipinski definition) is 2. The van der Waals surface area contributed by atoms with E-state index >= 15 is 0 Å². The molecule has 0 atom stereocenters. The Labute approximate surface area is 176 Å². The predicted molar refractivity (Wildman–Crippen MR) is 118 cm³/mol. The molecular formula is C25H40O4. The molecule has 164 valence electrons. The SMILES string of the molecule is Cc1c(CCCCCCC(C)(C)C(=O)O)cccc1CCCCC(C)(C)C(=O)O. The van der Waals surface area contributed by atoms with Gasteiger partial charge in [-0.25, -0.2) is 0 Å². The van der Waals surface area contributed by atoms with E-state index in [2.05, 4.69) is 25.1 Å². The van der Waals surface area contributed by atoms with Gasteiger partial charge in [0.25, 0.3) is 0 Å². The van der Waals surface area contributed by atoms with Crippen molar-refractivity contribution in [2.45, 2.75) is 98.8 Å². The average Bonchev–Trinajstić information content (AvgIpc) is 2.63. The lowest BCUT2D eigenvalue weighted by atomic mass is 9.86. The first-order valence-electron chi connectivity index (χ1n) is 11.0. The lowest BCUT2D eigenvalue weighted by molar-refractivity contribution is -0.148. The lowest BCUT2D eigenvalue weighted by Gasteiger charge is -2.19. The van der Waals surface area contributed by atoms with Crippen molar-refractivity contribution in [3.63, 3.8) is 0 Å². The van der Waals surface area contributed by atoms with E-state index in [1.807, 2.05) is 0 Å². The van der Waals surface area contributed by atoms with E-state index in [1.165, 1.54) is 16.7 Å². The van der Waals surface area contributed by atoms with Gasteiger partial charge in [0.05, 0.1) is 10.8 Å². The minimum atomic E-state index is -0.720. The highest BCUT2D eigenvalue weighted by molar-refractivity contribution is 5.73. The zero-order valence-corrected chi connectivity index (χ0v) is 19.0. The Morgan fingerprint density at radius 1 is 0.724 bits per heavy atom. The molecule has 0 unspecified atom stereocenters. The zero-order valence-electron chi connectivity index (χ0n) is 19.0. The molecule has 0 radical (unpaired) electrons. The van der Waals surface area contributed by atoms with Crippen LogP contribution >= 0.6 is 0 Å². The summed E-state index contributed by atoms with van der Waals surface area (Å²) in [4.78, 5) is 22.3. The van der Waals surface area contributed by atoms with Crippen molar-refractivity contribution in [1.29, 1.82) is 0 Å². The van der Waals surface area contributed by atoms with Crippen molar-refractivity contribution < 1.29 is 19.8 Å². The first-order chi connectivity index (χ1) is 13.5. The molecule has 0 aliphatic rings. The van der Waals surface area contributed by atoms with E-state index in [1.54, 1.807) is 27.7 Å². The number of rotatable bonds is 14. The number of hydrogen-bond donors (Lipinski definition) is 2. The molecule has 2 N–H and O–H groups in total. The molecule has 1 aromatic carbocycles. The van der Waals surface area contributed by atoms with Gasteiger partial charge < -0.3 is 10.2 Å². The number of aryl methyl sites for hydroxylation is 2. The van der Waals surface area contributed by atoms with Gasteiger partial charge in [0.2, 0.25) is 0 Å². The average molecular weight is 405 g/mol. The van der Waals surface area contributed by atoms with Gasteiger partial charge in [0.15, 0.2) is 0 Å². The number of carbonyl (C=O) groups is 2. The summed E-state index contributed by atoms with van der Waals surface area (Å²) in [5.41, 5.74) is 2.89. The highest BCUT2D eigenvalue weighted by Crippen LogP contribution is 2.26. The normalized spacial score (nSPS) is 12.2. The third-order valence-corrected chi connectivity index (χ3v) is 6.21. The van der Waals surface area contributed by atoms with Crippen molar-refractivity contribution in [2.24, 2.45) is 10.8 Å². The molecule has 0 aromatic heterocycles. The van der Waals surface area contributed by atoms with Crippen LogP contribution in [0.25, 0.3) is 0 Å². The Bertz CT molecular complexity index is 673. The highest BCUT2D eigenvalue weighted by atomic mass is 16.4. The molecule has 0 aliphatic heterocycles. The van der Waals surface area contributed by atoms with Crippen molar-refractivity contribution in [1.82, 2.24) is 0 Å². The summed E-state index contributed by atoms with van der Waals surface area (Å²) >= 11 is 0. The van der Waals surface area contributed by atoms with E-state index < -0.39 is 22.8 Å². The van der Waals surface area contributed by atoms with Gasteiger partial charge >= 0.3 is 11.9 Å². The Hall–Kier alpha value is -1.84. The number of aliphatic carboxylic acids is 2. The van der Waals surface area contributed by atoms with Gasteiger partial charge in [-0.1, -0.05) is 43.9 Å². The van der Waals surface area contributed by atoms with Gasteiger partial charge in [-0.3, -0.25) is 9.59 Å². The molecule has 0 amide bonds. The third-order valence-electron chi connectivity index (χ3n) is 6.21. The highest BCUT2D eigenvalue weighted by Gasteiger charge is 2.26. The fourth-order valence-electron chi connectivity index (χ4n) is 3.61. The van der Waals surface area contributed by atoms with E-state index in [0.29, 0.717) is 6.42 Å². The minimum absolute atomic E-state index is 0.620. The topological polar surface area (TPSA) is 74.6 Å². The van der Waals surface area contributed by atoms with E-state index in [-0.39, 0.29) is 0 Å². The standard InChI is InChI=1S/C25H40O4/c1-19-20(13-8-6-7-10-17-24(2,3)22(26)27)15-12-16-21(19)14-9-11-18-25(4,5)23(28)29/h12,15-16H,6-11,13-14,17-18H2,1-5H3,(H,26,27)(H,28,29). The van der Waals surface area contributed by atoms with Crippen LogP contribution < -0.4 is 0 Å². The van der Waals surface area contributed by atoms with Crippen LogP contribution in [0.4, 0.5) is 0 Å². The van der Waals surface area contributed by atoms with Crippen LogP contribution in [-0.2, 0) is 22.4 Å². The van der Waals surface area contributed by atoms with Gasteiger partial charge in [0.1, 0.15) is 0 Å². The Morgan fingerprint density at radius 2 is 1.10 bits per heavy atom. The third kappa shape index (κ3) is 8.59. The molecule has 1 aromatic rings. The summed E-state index contributed by atoms with van der Waals surface area (Å²) in [5, 5.41) is 18.4. The molecule has 4 nitrogen and oxygen atoms in total. The molecule has 0 saturated heterocycles. The molecule has 4 heteroatoms. The fourth-order valence-corrected chi connectivity index (χ4v) is 3.61. The summed E-state index contributed by atoms with van der Waals surface area (Å²) in [6.45, 7) is 9.38. The minimum Gasteiger partial charge on any atom is -0.481 e. The Balaban J connectivity index is 2.38. The van der Waals surface area contributed by atoms with Crippen molar-refractivity contribution in [2.75, 3.05) is 0 Å². The lowest BCUT2D eigenvalue weighted by Crippen LogP contribution is -2.23. The Kier molecular flexibility index (Phi) is 9.88. The fraction of sp³-hybridized carbons (Fsp3) is 0.680. The van der Waals surface area contributed by atoms with Crippen LogP contribution in [0.3, 0.4) is 0 Å². The van der Waals surface area contributed by atoms with Crippen LogP contribution in [-0.4, -0.2) is 22.2 Å². The summed E-state index contributed by atoms with van der Waals surface area (Å²) < 4.78 is 0. The van der Waals surface area contributed by atoms with Gasteiger partial charge in [-0.2, -0.15) is 0 Å². The maximum atomic E-state index is 11.2. The first kappa shape index (κ1) is 25.2. The predicted octanol–water partition coefficient (Wildman–Crippen LogP) is 6.42. The van der Waals surface area contributed by atoms with Crippen molar-refractivity contribution in [3.8, 4) is 0 Å². The van der Waals surface area contributed by atoms with Crippen LogP contribution in [0.1, 0.15) is 95.8 Å². The summed E-state index contributed by atoms with van der Waals surface area (Å²) in [6.07, 6.45) is 9.74. The smallest absolute Gasteiger partial charge is 0.309 e. The molecule has 0 aliphatic carbocycles. The largest absolute Gasteiger partial charge is 0.481 e. The second-order valence-electron chi connectivity index (χ2n) is 9.70. The zero-order chi connectivity index (χ0) is 22.1. The first-order valence-corrected chi connectivity index (χ1v) is 11.0. The van der Waals surface area contributed by atoms with Gasteiger partial charge in [0, 0.05) is 0 Å². The number of unbranched alkanes of at least 4 members (excludes halogenated alkanes) is 4. The summed E-state index contributed by atoms with van der Waals surface area (Å²) in [6, 6.07) is 6.53. The van der Waals surface area contributed by atoms with Gasteiger partial charge in [-0.05, 0) is 89.8 Å². The molecule has 1 rings (SSSR count). The van der Waals surface area contributed by atoms with Crippen molar-refractivity contribution >= 4 is 11.9 Å². The molecule has 0 saturated carbocycles. The molecular weight excluding hydrogens is 364 g/mol. The molecule has 0 bridgehead atoms. The number of carboxylic acids is 2. The molecule has 0 fully saturated rings. The van der Waals surface area contributed by atoms with E-state index in [4.69, 9.17) is 5.11 Å². The number of carboxylic acid groups (broad SMARTS) is 2. The Morgan fingerprint density at radius 3 is 1.55 bits per heavy atom. The van der Waals surface area contributed by atoms with E-state index in [0.717, 1.165) is 57.8 Å².